The summed E-state index contributed by atoms with van der Waals surface area (Å²) >= 11 is 0. The lowest BCUT2D eigenvalue weighted by Crippen LogP contribution is -2.41. The number of rotatable bonds is 12. The highest BCUT2D eigenvalue weighted by atomic mass is 16.4. The fourth-order valence-corrected chi connectivity index (χ4v) is 2.37. The highest BCUT2D eigenvalue weighted by Gasteiger charge is 2.27. The fourth-order valence-electron chi connectivity index (χ4n) is 2.37. The molecule has 0 saturated heterocycles. The second-order valence-corrected chi connectivity index (χ2v) is 5.60. The molecular weight excluding hydrogens is 270 g/mol. The summed E-state index contributed by atoms with van der Waals surface area (Å²) in [7, 11) is 0. The van der Waals surface area contributed by atoms with Gasteiger partial charge in [-0.05, 0) is 32.2 Å². The van der Waals surface area contributed by atoms with Crippen molar-refractivity contribution in [1.82, 2.24) is 15.5 Å². The third kappa shape index (κ3) is 9.28. The third-order valence-electron chi connectivity index (χ3n) is 3.76. The molecule has 0 aromatic carbocycles. The minimum atomic E-state index is -0.736. The van der Waals surface area contributed by atoms with Crippen LogP contribution < -0.4 is 10.6 Å². The summed E-state index contributed by atoms with van der Waals surface area (Å²) < 4.78 is 0. The van der Waals surface area contributed by atoms with Crippen molar-refractivity contribution in [2.45, 2.75) is 57.9 Å². The van der Waals surface area contributed by atoms with E-state index in [2.05, 4.69) is 22.5 Å². The predicted molar refractivity (Wildman–Crippen MR) is 82.4 cm³/mol. The standard InChI is InChI=1S/C15H29N3O3/c1-2-18(13-8-9-13)12-11-17-15(21)16-10-6-4-3-5-7-14(19)20/h13H,2-12H2,1H3,(H,19,20)(H2,16,17,21). The monoisotopic (exact) mass is 299 g/mol. The van der Waals surface area contributed by atoms with Gasteiger partial charge in [0.25, 0.3) is 0 Å². The van der Waals surface area contributed by atoms with Crippen molar-refractivity contribution in [1.29, 1.82) is 0 Å². The summed E-state index contributed by atoms with van der Waals surface area (Å²) in [5, 5.41) is 14.2. The van der Waals surface area contributed by atoms with E-state index in [-0.39, 0.29) is 12.5 Å². The SMILES string of the molecule is CCN(CCNC(=O)NCCCCCCC(=O)O)C1CC1. The van der Waals surface area contributed by atoms with Gasteiger partial charge in [0.15, 0.2) is 0 Å². The Morgan fingerprint density at radius 2 is 1.76 bits per heavy atom. The number of carboxylic acids is 1. The van der Waals surface area contributed by atoms with Crippen LogP contribution in [-0.4, -0.2) is 54.2 Å². The highest BCUT2D eigenvalue weighted by molar-refractivity contribution is 5.73. The van der Waals surface area contributed by atoms with Gasteiger partial charge in [-0.1, -0.05) is 19.8 Å². The Kier molecular flexibility index (Phi) is 8.82. The van der Waals surface area contributed by atoms with Crippen LogP contribution in [0.25, 0.3) is 0 Å². The summed E-state index contributed by atoms with van der Waals surface area (Å²) in [6.07, 6.45) is 6.31. The number of carbonyl (C=O) groups excluding carboxylic acids is 1. The maximum absolute atomic E-state index is 11.6. The molecule has 0 radical (unpaired) electrons. The second kappa shape index (κ2) is 10.4. The van der Waals surface area contributed by atoms with Crippen molar-refractivity contribution >= 4 is 12.0 Å². The largest absolute Gasteiger partial charge is 0.481 e. The Morgan fingerprint density at radius 3 is 2.38 bits per heavy atom. The molecule has 0 aromatic rings. The summed E-state index contributed by atoms with van der Waals surface area (Å²) in [6, 6.07) is 0.637. The van der Waals surface area contributed by atoms with Gasteiger partial charge in [0, 0.05) is 32.1 Å². The molecular formula is C15H29N3O3. The molecule has 0 unspecified atom stereocenters. The van der Waals surface area contributed by atoms with E-state index in [4.69, 9.17) is 5.11 Å². The van der Waals surface area contributed by atoms with Crippen molar-refractivity contribution in [3.8, 4) is 0 Å². The molecule has 0 heterocycles. The molecule has 1 aliphatic carbocycles. The van der Waals surface area contributed by atoms with E-state index in [1.807, 2.05) is 0 Å². The zero-order valence-corrected chi connectivity index (χ0v) is 13.1. The molecule has 6 nitrogen and oxygen atoms in total. The van der Waals surface area contributed by atoms with Crippen LogP contribution in [0.15, 0.2) is 0 Å². The fraction of sp³-hybridized carbons (Fsp3) is 0.867. The van der Waals surface area contributed by atoms with Gasteiger partial charge in [-0.3, -0.25) is 9.69 Å². The van der Waals surface area contributed by atoms with Crippen LogP contribution in [0.5, 0.6) is 0 Å². The molecule has 1 fully saturated rings. The lowest BCUT2D eigenvalue weighted by molar-refractivity contribution is -0.137. The first kappa shape index (κ1) is 17.8. The number of carboxylic acid groups (broad SMARTS) is 1. The number of nitrogens with zero attached hydrogens (tertiary/aromatic N) is 1. The molecule has 122 valence electrons. The van der Waals surface area contributed by atoms with Gasteiger partial charge < -0.3 is 15.7 Å². The number of carbonyl (C=O) groups is 2. The van der Waals surface area contributed by atoms with Gasteiger partial charge >= 0.3 is 12.0 Å². The van der Waals surface area contributed by atoms with Crippen molar-refractivity contribution in [2.24, 2.45) is 0 Å². The van der Waals surface area contributed by atoms with Crippen molar-refractivity contribution in [2.75, 3.05) is 26.2 Å². The van der Waals surface area contributed by atoms with E-state index in [1.54, 1.807) is 0 Å². The van der Waals surface area contributed by atoms with E-state index in [0.717, 1.165) is 44.8 Å². The van der Waals surface area contributed by atoms with Crippen LogP contribution in [0.3, 0.4) is 0 Å². The van der Waals surface area contributed by atoms with E-state index in [0.29, 0.717) is 13.1 Å². The highest BCUT2D eigenvalue weighted by Crippen LogP contribution is 2.25. The van der Waals surface area contributed by atoms with E-state index < -0.39 is 5.97 Å². The lowest BCUT2D eigenvalue weighted by atomic mass is 10.1. The molecule has 0 spiro atoms. The predicted octanol–water partition coefficient (Wildman–Crippen LogP) is 1.80. The summed E-state index contributed by atoms with van der Waals surface area (Å²) in [4.78, 5) is 24.3. The molecule has 1 saturated carbocycles. The van der Waals surface area contributed by atoms with Crippen molar-refractivity contribution < 1.29 is 14.7 Å². The van der Waals surface area contributed by atoms with Crippen molar-refractivity contribution in [3.05, 3.63) is 0 Å². The topological polar surface area (TPSA) is 81.7 Å². The van der Waals surface area contributed by atoms with Gasteiger partial charge in [0.2, 0.25) is 0 Å². The van der Waals surface area contributed by atoms with E-state index in [1.165, 1.54) is 12.8 Å². The quantitative estimate of drug-likeness (QED) is 0.480. The average molecular weight is 299 g/mol. The maximum atomic E-state index is 11.6. The van der Waals surface area contributed by atoms with Gasteiger partial charge in [-0.15, -0.1) is 0 Å². The van der Waals surface area contributed by atoms with Gasteiger partial charge in [-0.2, -0.15) is 0 Å². The summed E-state index contributed by atoms with van der Waals surface area (Å²) in [5.41, 5.74) is 0. The van der Waals surface area contributed by atoms with E-state index in [9.17, 15) is 9.59 Å². The molecule has 0 atom stereocenters. The first-order chi connectivity index (χ1) is 10.1. The first-order valence-electron chi connectivity index (χ1n) is 8.11. The number of nitrogens with one attached hydrogen (secondary N) is 2. The number of aliphatic carboxylic acids is 1. The van der Waals surface area contributed by atoms with Crippen molar-refractivity contribution in [3.63, 3.8) is 0 Å². The first-order valence-corrected chi connectivity index (χ1v) is 8.11. The summed E-state index contributed by atoms with van der Waals surface area (Å²) in [6.45, 7) is 5.46. The smallest absolute Gasteiger partial charge is 0.314 e. The molecule has 0 bridgehead atoms. The van der Waals surface area contributed by atoms with Crippen LogP contribution in [-0.2, 0) is 4.79 Å². The van der Waals surface area contributed by atoms with Crippen LogP contribution in [0, 0.1) is 0 Å². The molecule has 3 N–H and O–H groups in total. The summed E-state index contributed by atoms with van der Waals surface area (Å²) in [5.74, 6) is -0.736. The number of amides is 2. The molecule has 2 amide bonds. The molecule has 0 aromatic heterocycles. The Labute approximate surface area is 127 Å². The Morgan fingerprint density at radius 1 is 1.10 bits per heavy atom. The zero-order chi connectivity index (χ0) is 15.5. The number of urea groups is 1. The zero-order valence-electron chi connectivity index (χ0n) is 13.1. The number of hydrogen-bond acceptors (Lipinski definition) is 3. The van der Waals surface area contributed by atoms with E-state index >= 15 is 0 Å². The van der Waals surface area contributed by atoms with Crippen LogP contribution in [0.1, 0.15) is 51.9 Å². The Bertz CT molecular complexity index is 319. The average Bonchev–Trinajstić information content (AvgIpc) is 3.26. The molecule has 0 aliphatic heterocycles. The molecule has 1 rings (SSSR count). The number of likely N-dealkylation sites (N-methyl/N-ethyl adjacent to an activating group) is 1. The van der Waals surface area contributed by atoms with Gasteiger partial charge in [0.05, 0.1) is 0 Å². The molecule has 1 aliphatic rings. The normalized spacial score (nSPS) is 14.2. The Balaban J connectivity index is 1.88. The minimum Gasteiger partial charge on any atom is -0.481 e. The molecule has 6 heteroatoms. The maximum Gasteiger partial charge on any atom is 0.314 e. The van der Waals surface area contributed by atoms with Crippen LogP contribution in [0.2, 0.25) is 0 Å². The number of unbranched alkanes of at least 4 members (excludes halogenated alkanes) is 3. The van der Waals surface area contributed by atoms with Crippen LogP contribution >= 0.6 is 0 Å². The number of hydrogen-bond donors (Lipinski definition) is 3. The third-order valence-corrected chi connectivity index (χ3v) is 3.76. The van der Waals surface area contributed by atoms with Crippen LogP contribution in [0.4, 0.5) is 4.79 Å². The van der Waals surface area contributed by atoms with Gasteiger partial charge in [-0.25, -0.2) is 4.79 Å². The second-order valence-electron chi connectivity index (χ2n) is 5.60. The minimum absolute atomic E-state index is 0.104. The lowest BCUT2D eigenvalue weighted by Gasteiger charge is -2.19. The van der Waals surface area contributed by atoms with Gasteiger partial charge in [0.1, 0.15) is 0 Å². The molecule has 21 heavy (non-hydrogen) atoms. The Hall–Kier alpha value is -1.30.